The van der Waals surface area contributed by atoms with Crippen LogP contribution in [-0.4, -0.2) is 46.5 Å². The normalized spacial score (nSPS) is 14.9. The van der Waals surface area contributed by atoms with Crippen molar-refractivity contribution >= 4 is 34.9 Å². The number of nitrogens with one attached hydrogen (secondary N) is 2. The fraction of sp³-hybridized carbons (Fsp3) is 0.553. The number of fused-ring (bicyclic) bond motifs is 1. The van der Waals surface area contributed by atoms with E-state index in [1.807, 2.05) is 43.3 Å². The van der Waals surface area contributed by atoms with Gasteiger partial charge in [-0.2, -0.15) is 0 Å². The first-order valence-electron chi connectivity index (χ1n) is 17.7. The van der Waals surface area contributed by atoms with Crippen molar-refractivity contribution in [2.45, 2.75) is 122 Å². The van der Waals surface area contributed by atoms with E-state index < -0.39 is 18.2 Å². The van der Waals surface area contributed by atoms with Gasteiger partial charge in [0.2, 0.25) is 0 Å². The maximum atomic E-state index is 13.6. The first kappa shape index (κ1) is 36.4. The van der Waals surface area contributed by atoms with Gasteiger partial charge < -0.3 is 19.8 Å². The van der Waals surface area contributed by atoms with Gasteiger partial charge in [-0.1, -0.05) is 120 Å². The molecule has 1 aliphatic rings. The number of amides is 3. The number of benzene rings is 2. The topological polar surface area (TPSA) is 96.5 Å². The minimum Gasteiger partial charge on any atom is -0.496 e. The summed E-state index contributed by atoms with van der Waals surface area (Å²) in [4.78, 5) is 36.1. The monoisotopic (exact) mass is 662 g/mol. The lowest BCUT2D eigenvalue weighted by atomic mass is 9.88. The number of H-pyrrole nitrogens is 1. The number of hydrogen-bond donors (Lipinski definition) is 2. The van der Waals surface area contributed by atoms with Crippen molar-refractivity contribution in [3.63, 3.8) is 0 Å². The molecule has 1 unspecified atom stereocenters. The van der Waals surface area contributed by atoms with Crippen LogP contribution in [0.15, 0.2) is 58.9 Å². The summed E-state index contributed by atoms with van der Waals surface area (Å²) in [6, 6.07) is 12.8. The highest BCUT2D eigenvalue weighted by molar-refractivity contribution is 7.99. The van der Waals surface area contributed by atoms with E-state index in [-0.39, 0.29) is 6.61 Å². The molecule has 1 aliphatic heterocycles. The third-order valence-corrected chi connectivity index (χ3v) is 9.91. The SMILES string of the molecule is CCCCCCCCCCCCCCCc1cccc(OC)c1C1C(C)=C(CSc2nc3ccccc3[nH]2)NC(=O)N1C(=O)OCC. The van der Waals surface area contributed by atoms with Crippen LogP contribution in [0, 0.1) is 0 Å². The quantitative estimate of drug-likeness (QED) is 0.0923. The van der Waals surface area contributed by atoms with Crippen LogP contribution in [0.5, 0.6) is 5.75 Å². The molecule has 0 saturated carbocycles. The van der Waals surface area contributed by atoms with Crippen LogP contribution in [0.2, 0.25) is 0 Å². The van der Waals surface area contributed by atoms with Crippen LogP contribution in [-0.2, 0) is 11.2 Å². The molecule has 0 spiro atoms. The second-order valence-corrected chi connectivity index (χ2v) is 13.4. The molecule has 256 valence electrons. The zero-order valence-electron chi connectivity index (χ0n) is 28.9. The summed E-state index contributed by atoms with van der Waals surface area (Å²) >= 11 is 1.52. The standard InChI is InChI=1S/C38H54N4O4S/c1-5-7-8-9-10-11-12-13-14-15-16-17-18-22-29-23-21-26-33(45-4)34(29)35-28(3)32(41-37(43)42(35)38(44)46-6-2)27-47-36-39-30-24-19-20-25-31(30)40-36/h19-21,23-26,35H,5-18,22,27H2,1-4H3,(H,39,40)(H,41,43). The molecule has 8 nitrogen and oxygen atoms in total. The molecule has 0 saturated heterocycles. The molecular weight excluding hydrogens is 609 g/mol. The van der Waals surface area contributed by atoms with E-state index in [9.17, 15) is 9.59 Å². The van der Waals surface area contributed by atoms with Crippen molar-refractivity contribution < 1.29 is 19.1 Å². The van der Waals surface area contributed by atoms with E-state index in [2.05, 4.69) is 28.3 Å². The lowest BCUT2D eigenvalue weighted by molar-refractivity contribution is 0.103. The number of imidazole rings is 1. The molecule has 1 aromatic heterocycles. The maximum Gasteiger partial charge on any atom is 0.418 e. The summed E-state index contributed by atoms with van der Waals surface area (Å²) in [5.74, 6) is 1.14. The van der Waals surface area contributed by atoms with Crippen molar-refractivity contribution in [1.82, 2.24) is 20.2 Å². The van der Waals surface area contributed by atoms with Gasteiger partial charge in [0.25, 0.3) is 0 Å². The highest BCUT2D eigenvalue weighted by atomic mass is 32.2. The fourth-order valence-corrected chi connectivity index (χ4v) is 7.33. The van der Waals surface area contributed by atoms with Gasteiger partial charge >= 0.3 is 12.1 Å². The Labute approximate surface area is 285 Å². The molecule has 9 heteroatoms. The van der Waals surface area contributed by atoms with Gasteiger partial charge in [-0.3, -0.25) is 0 Å². The molecule has 2 heterocycles. The number of aryl methyl sites for hydroxylation is 1. The van der Waals surface area contributed by atoms with E-state index >= 15 is 0 Å². The molecule has 0 fully saturated rings. The third-order valence-electron chi connectivity index (χ3n) is 9.01. The van der Waals surface area contributed by atoms with Gasteiger partial charge in [0.15, 0.2) is 5.16 Å². The van der Waals surface area contributed by atoms with Gasteiger partial charge in [-0.05, 0) is 56.0 Å². The molecule has 0 aliphatic carbocycles. The van der Waals surface area contributed by atoms with E-state index in [4.69, 9.17) is 9.47 Å². The van der Waals surface area contributed by atoms with Crippen LogP contribution in [0.4, 0.5) is 9.59 Å². The lowest BCUT2D eigenvalue weighted by Gasteiger charge is -2.37. The maximum absolute atomic E-state index is 13.6. The molecule has 1 atom stereocenters. The van der Waals surface area contributed by atoms with Crippen LogP contribution >= 0.6 is 11.8 Å². The minimum absolute atomic E-state index is 0.171. The number of aromatic nitrogens is 2. The Balaban J connectivity index is 1.44. The van der Waals surface area contributed by atoms with E-state index in [0.29, 0.717) is 11.5 Å². The summed E-state index contributed by atoms with van der Waals surface area (Å²) in [5.41, 5.74) is 5.42. The van der Waals surface area contributed by atoms with E-state index in [1.165, 1.54) is 87.3 Å². The lowest BCUT2D eigenvalue weighted by Crippen LogP contribution is -2.51. The van der Waals surface area contributed by atoms with Crippen LogP contribution in [0.1, 0.15) is 121 Å². The molecule has 3 amide bonds. The first-order chi connectivity index (χ1) is 23.0. The molecular formula is C38H54N4O4S. The zero-order valence-corrected chi connectivity index (χ0v) is 29.7. The zero-order chi connectivity index (χ0) is 33.4. The van der Waals surface area contributed by atoms with Gasteiger partial charge in [0.05, 0.1) is 30.8 Å². The number of rotatable bonds is 20. The summed E-state index contributed by atoms with van der Waals surface area (Å²) in [5, 5.41) is 3.74. The van der Waals surface area contributed by atoms with Crippen LogP contribution in [0.25, 0.3) is 11.0 Å². The molecule has 2 aromatic carbocycles. The van der Waals surface area contributed by atoms with Gasteiger partial charge in [0.1, 0.15) is 5.75 Å². The Kier molecular flexibility index (Phi) is 15.0. The number of methoxy groups -OCH3 is 1. The molecule has 3 aromatic rings. The Morgan fingerprint density at radius 2 is 1.55 bits per heavy atom. The summed E-state index contributed by atoms with van der Waals surface area (Å²) in [6.07, 6.45) is 17.1. The first-order valence-corrected chi connectivity index (χ1v) is 18.7. The number of aromatic amines is 1. The van der Waals surface area contributed by atoms with E-state index in [0.717, 1.165) is 57.8 Å². The average Bonchev–Trinajstić information content (AvgIpc) is 3.50. The number of para-hydroxylation sites is 2. The Hall–Kier alpha value is -3.46. The molecule has 0 bridgehead atoms. The molecule has 47 heavy (non-hydrogen) atoms. The number of urea groups is 1. The number of carbonyl (C=O) groups is 2. The highest BCUT2D eigenvalue weighted by Gasteiger charge is 2.41. The number of hydrogen-bond acceptors (Lipinski definition) is 6. The summed E-state index contributed by atoms with van der Waals surface area (Å²) in [6.45, 7) is 6.17. The van der Waals surface area contributed by atoms with E-state index in [1.54, 1.807) is 14.0 Å². The Bertz CT molecular complexity index is 1440. The minimum atomic E-state index is -0.670. The van der Waals surface area contributed by atoms with Crippen molar-refractivity contribution in [2.24, 2.45) is 0 Å². The average molecular weight is 663 g/mol. The van der Waals surface area contributed by atoms with Crippen LogP contribution < -0.4 is 10.1 Å². The smallest absolute Gasteiger partial charge is 0.418 e. The second kappa shape index (κ2) is 19.4. The highest BCUT2D eigenvalue weighted by Crippen LogP contribution is 2.41. The van der Waals surface area contributed by atoms with Gasteiger partial charge in [-0.15, -0.1) is 0 Å². The second-order valence-electron chi connectivity index (χ2n) is 12.4. The Morgan fingerprint density at radius 1 is 0.894 bits per heavy atom. The number of imide groups is 1. The van der Waals surface area contributed by atoms with Crippen molar-refractivity contribution in [3.05, 3.63) is 64.9 Å². The number of carbonyl (C=O) groups excluding carboxylic acids is 2. The number of thioether (sulfide) groups is 1. The molecule has 0 radical (unpaired) electrons. The van der Waals surface area contributed by atoms with Crippen molar-refractivity contribution in [1.29, 1.82) is 0 Å². The fourth-order valence-electron chi connectivity index (χ4n) is 6.41. The Morgan fingerprint density at radius 3 is 2.19 bits per heavy atom. The molecule has 4 rings (SSSR count). The summed E-state index contributed by atoms with van der Waals surface area (Å²) in [7, 11) is 1.64. The largest absolute Gasteiger partial charge is 0.496 e. The number of ether oxygens (including phenoxy) is 2. The number of nitrogens with zero attached hydrogens (tertiary/aromatic N) is 2. The molecule has 2 N–H and O–H groups in total. The summed E-state index contributed by atoms with van der Waals surface area (Å²) < 4.78 is 11.3. The van der Waals surface area contributed by atoms with Gasteiger partial charge in [0, 0.05) is 17.0 Å². The predicted octanol–water partition coefficient (Wildman–Crippen LogP) is 10.5. The third kappa shape index (κ3) is 10.3. The predicted molar refractivity (Wildman–Crippen MR) is 192 cm³/mol. The van der Waals surface area contributed by atoms with Crippen molar-refractivity contribution in [3.8, 4) is 5.75 Å². The number of unbranched alkanes of at least 4 members (excludes halogenated alkanes) is 12. The van der Waals surface area contributed by atoms with Crippen LogP contribution in [0.3, 0.4) is 0 Å². The van der Waals surface area contributed by atoms with Crippen molar-refractivity contribution in [2.75, 3.05) is 19.5 Å². The van der Waals surface area contributed by atoms with Gasteiger partial charge in [-0.25, -0.2) is 19.5 Å².